The molecule has 0 aromatic carbocycles. The second-order valence-electron chi connectivity index (χ2n) is 2.04. The third-order valence-electron chi connectivity index (χ3n) is 1.30. The average molecular weight is 130 g/mol. The molecule has 1 fully saturated rings. The van der Waals surface area contributed by atoms with Crippen LogP contribution in [0, 0.1) is 0 Å². The van der Waals surface area contributed by atoms with Crippen molar-refractivity contribution in [1.82, 2.24) is 0 Å². The van der Waals surface area contributed by atoms with Crippen molar-refractivity contribution >= 4 is 10.8 Å². The lowest BCUT2D eigenvalue weighted by atomic mass is 10.2. The summed E-state index contributed by atoms with van der Waals surface area (Å²) in [6.45, 7) is 3.59. The molecule has 0 saturated carbocycles. The van der Waals surface area contributed by atoms with E-state index in [0.29, 0.717) is 5.25 Å². The van der Waals surface area contributed by atoms with Gasteiger partial charge in [0.15, 0.2) is 0 Å². The van der Waals surface area contributed by atoms with Gasteiger partial charge in [0.1, 0.15) is 0 Å². The second-order valence-corrected chi connectivity index (χ2v) is 3.80. The molecule has 1 nitrogen and oxygen atoms in total. The van der Waals surface area contributed by atoms with E-state index >= 15 is 0 Å². The fraction of sp³-hybridized carbons (Fsp3) is 0.667. The molecule has 1 rings (SSSR count). The van der Waals surface area contributed by atoms with Gasteiger partial charge >= 0.3 is 0 Å². The Morgan fingerprint density at radius 2 is 2.50 bits per heavy atom. The first-order valence-corrected chi connectivity index (χ1v) is 4.21. The second kappa shape index (κ2) is 2.44. The van der Waals surface area contributed by atoms with Crippen molar-refractivity contribution < 1.29 is 4.21 Å². The Kier molecular flexibility index (Phi) is 1.84. The van der Waals surface area contributed by atoms with E-state index in [0.717, 1.165) is 18.6 Å². The van der Waals surface area contributed by atoms with Gasteiger partial charge in [0, 0.05) is 21.8 Å². The summed E-state index contributed by atoms with van der Waals surface area (Å²) in [6, 6.07) is 0. The first-order chi connectivity index (χ1) is 3.84. The summed E-state index contributed by atoms with van der Waals surface area (Å²) in [7, 11) is -0.448. The van der Waals surface area contributed by atoms with Crippen molar-refractivity contribution in [1.29, 1.82) is 0 Å². The molecule has 2 unspecified atom stereocenters. The number of allylic oxidation sites excluding steroid dienone is 1. The first-order valence-electron chi connectivity index (χ1n) is 2.82. The van der Waals surface area contributed by atoms with Crippen molar-refractivity contribution in [2.45, 2.75) is 18.1 Å². The molecule has 46 valence electrons. The van der Waals surface area contributed by atoms with Crippen molar-refractivity contribution in [3.63, 3.8) is 0 Å². The molecule has 0 aromatic heterocycles. The maximum atomic E-state index is 10.5. The largest absolute Gasteiger partial charge is 0.259 e. The molecular weight excluding hydrogens is 120 g/mol. The summed E-state index contributed by atoms with van der Waals surface area (Å²) in [4.78, 5) is 0. The van der Waals surface area contributed by atoms with E-state index < -0.39 is 10.8 Å². The average Bonchev–Trinajstić information content (AvgIpc) is 2.42. The van der Waals surface area contributed by atoms with Gasteiger partial charge in [-0.3, -0.25) is 4.21 Å². The van der Waals surface area contributed by atoms with E-state index in [9.17, 15) is 4.21 Å². The van der Waals surface area contributed by atoms with Crippen LogP contribution in [-0.2, 0) is 10.8 Å². The minimum Gasteiger partial charge on any atom is -0.259 e. The van der Waals surface area contributed by atoms with Crippen LogP contribution >= 0.6 is 0 Å². The maximum Gasteiger partial charge on any atom is 0.0466 e. The van der Waals surface area contributed by atoms with Crippen LogP contribution in [0.15, 0.2) is 12.7 Å². The highest BCUT2D eigenvalue weighted by Crippen LogP contribution is 2.20. The summed E-state index contributed by atoms with van der Waals surface area (Å²) in [5.41, 5.74) is 0. The van der Waals surface area contributed by atoms with Crippen LogP contribution in [0.4, 0.5) is 0 Å². The molecule has 1 aliphatic rings. The van der Waals surface area contributed by atoms with Crippen LogP contribution in [-0.4, -0.2) is 15.2 Å². The predicted octanol–water partition coefficient (Wildman–Crippen LogP) is 1.08. The zero-order chi connectivity index (χ0) is 5.98. The molecular formula is C6H10OS. The van der Waals surface area contributed by atoms with E-state index in [1.165, 1.54) is 0 Å². The van der Waals surface area contributed by atoms with Crippen LogP contribution in [0.3, 0.4) is 0 Å². The van der Waals surface area contributed by atoms with Gasteiger partial charge in [0.25, 0.3) is 0 Å². The van der Waals surface area contributed by atoms with Gasteiger partial charge in [-0.25, -0.2) is 0 Å². The fourth-order valence-electron chi connectivity index (χ4n) is 0.662. The molecule has 0 aliphatic carbocycles. The Morgan fingerprint density at radius 3 is 2.88 bits per heavy atom. The Balaban J connectivity index is 2.05. The summed E-state index contributed by atoms with van der Waals surface area (Å²) < 4.78 is 10.5. The monoisotopic (exact) mass is 130 g/mol. The summed E-state index contributed by atoms with van der Waals surface area (Å²) >= 11 is 0. The van der Waals surface area contributed by atoms with E-state index in [2.05, 4.69) is 6.58 Å². The molecule has 2 atom stereocenters. The molecule has 1 aliphatic heterocycles. The van der Waals surface area contributed by atoms with E-state index in [-0.39, 0.29) is 0 Å². The summed E-state index contributed by atoms with van der Waals surface area (Å²) in [6.07, 6.45) is 3.99. The lowest BCUT2D eigenvalue weighted by Gasteiger charge is -1.83. The van der Waals surface area contributed by atoms with E-state index in [4.69, 9.17) is 0 Å². The third kappa shape index (κ3) is 1.44. The van der Waals surface area contributed by atoms with Gasteiger partial charge in [-0.05, 0) is 12.8 Å². The lowest BCUT2D eigenvalue weighted by molar-refractivity contribution is 0.691. The molecule has 8 heavy (non-hydrogen) atoms. The third-order valence-corrected chi connectivity index (χ3v) is 2.75. The smallest absolute Gasteiger partial charge is 0.0466 e. The van der Waals surface area contributed by atoms with Crippen LogP contribution in [0.2, 0.25) is 0 Å². The molecule has 0 aromatic rings. The highest BCUT2D eigenvalue weighted by Gasteiger charge is 2.31. The Morgan fingerprint density at radius 1 is 1.88 bits per heavy atom. The molecule has 2 heteroatoms. The highest BCUT2D eigenvalue weighted by atomic mass is 32.2. The topological polar surface area (TPSA) is 17.1 Å². The van der Waals surface area contributed by atoms with Crippen molar-refractivity contribution in [2.75, 3.05) is 5.75 Å². The Hall–Kier alpha value is -0.110. The van der Waals surface area contributed by atoms with E-state index in [1.807, 2.05) is 6.08 Å². The summed E-state index contributed by atoms with van der Waals surface area (Å²) in [5, 5.41) is 0.521. The van der Waals surface area contributed by atoms with Crippen LogP contribution in [0.5, 0.6) is 0 Å². The Bertz CT molecular complexity index is 120. The zero-order valence-corrected chi connectivity index (χ0v) is 5.62. The molecule has 0 amide bonds. The number of hydrogen-bond acceptors (Lipinski definition) is 1. The highest BCUT2D eigenvalue weighted by molar-refractivity contribution is 7.92. The number of hydrogen-bond donors (Lipinski definition) is 0. The molecule has 0 spiro atoms. The van der Waals surface area contributed by atoms with Crippen molar-refractivity contribution in [2.24, 2.45) is 0 Å². The van der Waals surface area contributed by atoms with Crippen LogP contribution in [0.25, 0.3) is 0 Å². The summed E-state index contributed by atoms with van der Waals surface area (Å²) in [5.74, 6) is 0.938. The minimum absolute atomic E-state index is 0.448. The van der Waals surface area contributed by atoms with Crippen molar-refractivity contribution in [3.05, 3.63) is 12.7 Å². The van der Waals surface area contributed by atoms with Gasteiger partial charge in [0.2, 0.25) is 0 Å². The quantitative estimate of drug-likeness (QED) is 0.413. The Labute approximate surface area is 52.2 Å². The van der Waals surface area contributed by atoms with Gasteiger partial charge < -0.3 is 0 Å². The minimum atomic E-state index is -0.448. The van der Waals surface area contributed by atoms with Gasteiger partial charge in [-0.1, -0.05) is 6.08 Å². The van der Waals surface area contributed by atoms with Crippen LogP contribution < -0.4 is 0 Å². The van der Waals surface area contributed by atoms with Gasteiger partial charge in [-0.2, -0.15) is 0 Å². The predicted molar refractivity (Wildman–Crippen MR) is 36.2 cm³/mol. The SMILES string of the molecule is C=CCCC1CS1=O. The molecule has 0 bridgehead atoms. The van der Waals surface area contributed by atoms with Gasteiger partial charge in [-0.15, -0.1) is 6.58 Å². The molecule has 1 saturated heterocycles. The first kappa shape index (κ1) is 6.02. The normalized spacial score (nSPS) is 34.5. The van der Waals surface area contributed by atoms with E-state index in [1.54, 1.807) is 0 Å². The molecule has 0 radical (unpaired) electrons. The standard InChI is InChI=1S/C6H10OS/c1-2-3-4-6-5-8(6)7/h2,6H,1,3-5H2. The van der Waals surface area contributed by atoms with Crippen LogP contribution in [0.1, 0.15) is 12.8 Å². The molecule has 1 heterocycles. The van der Waals surface area contributed by atoms with Gasteiger partial charge in [0.05, 0.1) is 0 Å². The molecule has 0 N–H and O–H groups in total. The zero-order valence-electron chi connectivity index (χ0n) is 4.80. The lowest BCUT2D eigenvalue weighted by Crippen LogP contribution is -1.81. The fourth-order valence-corrected chi connectivity index (χ4v) is 1.68. The number of rotatable bonds is 3. The maximum absolute atomic E-state index is 10.5. The van der Waals surface area contributed by atoms with Crippen molar-refractivity contribution in [3.8, 4) is 0 Å².